The molecule has 0 saturated carbocycles. The molecule has 0 unspecified atom stereocenters. The summed E-state index contributed by atoms with van der Waals surface area (Å²) in [5.41, 5.74) is 1.07. The number of amides is 3. The maximum absolute atomic E-state index is 12.4. The predicted molar refractivity (Wildman–Crippen MR) is 103 cm³/mol. The highest BCUT2D eigenvalue weighted by atomic mass is 16.6. The molecule has 0 radical (unpaired) electrons. The maximum atomic E-state index is 12.4. The van der Waals surface area contributed by atoms with Crippen LogP contribution in [0.1, 0.15) is 60.2 Å². The Balaban J connectivity index is 1.81. The summed E-state index contributed by atoms with van der Waals surface area (Å²) in [6.07, 6.45) is 3.07. The third-order valence-corrected chi connectivity index (χ3v) is 4.58. The van der Waals surface area contributed by atoms with Crippen LogP contribution in [0.15, 0.2) is 24.3 Å². The number of carbonyl (C=O) groups excluding carboxylic acids is 3. The largest absolute Gasteiger partial charge is 0.450 e. The van der Waals surface area contributed by atoms with Gasteiger partial charge in [0.1, 0.15) is 0 Å². The van der Waals surface area contributed by atoms with E-state index < -0.39 is 0 Å². The number of rotatable bonds is 7. The van der Waals surface area contributed by atoms with Gasteiger partial charge >= 0.3 is 6.09 Å². The maximum Gasteiger partial charge on any atom is 0.409 e. The van der Waals surface area contributed by atoms with Gasteiger partial charge in [0, 0.05) is 36.8 Å². The molecule has 7 nitrogen and oxygen atoms in total. The van der Waals surface area contributed by atoms with Crippen LogP contribution in [0.4, 0.5) is 4.79 Å². The van der Waals surface area contributed by atoms with Gasteiger partial charge < -0.3 is 20.3 Å². The van der Waals surface area contributed by atoms with Crippen LogP contribution in [0.5, 0.6) is 0 Å². The molecule has 1 heterocycles. The Labute approximate surface area is 160 Å². The molecule has 1 fully saturated rings. The molecule has 1 aromatic rings. The van der Waals surface area contributed by atoms with Crippen molar-refractivity contribution in [1.29, 1.82) is 0 Å². The van der Waals surface area contributed by atoms with E-state index >= 15 is 0 Å². The number of carbonyl (C=O) groups is 3. The van der Waals surface area contributed by atoms with Crippen molar-refractivity contribution in [3.05, 3.63) is 35.4 Å². The molecule has 148 valence electrons. The van der Waals surface area contributed by atoms with Crippen molar-refractivity contribution in [1.82, 2.24) is 15.5 Å². The summed E-state index contributed by atoms with van der Waals surface area (Å²) in [6, 6.07) is 6.69. The molecule has 1 aliphatic rings. The molecule has 1 aromatic carbocycles. The molecule has 1 saturated heterocycles. The number of ether oxygens (including phenoxy) is 1. The first kappa shape index (κ1) is 20.7. The highest BCUT2D eigenvalue weighted by Crippen LogP contribution is 2.13. The Morgan fingerprint density at radius 3 is 2.19 bits per heavy atom. The van der Waals surface area contributed by atoms with E-state index in [1.807, 2.05) is 0 Å². The Hall–Kier alpha value is -2.57. The molecule has 27 heavy (non-hydrogen) atoms. The summed E-state index contributed by atoms with van der Waals surface area (Å²) in [7, 11) is 0. The van der Waals surface area contributed by atoms with Crippen LogP contribution in [0.3, 0.4) is 0 Å². The Morgan fingerprint density at radius 2 is 1.63 bits per heavy atom. The van der Waals surface area contributed by atoms with E-state index in [0.29, 0.717) is 50.2 Å². The van der Waals surface area contributed by atoms with Gasteiger partial charge in [0.15, 0.2) is 0 Å². The number of piperidine rings is 1. The van der Waals surface area contributed by atoms with Gasteiger partial charge in [-0.15, -0.1) is 0 Å². The highest BCUT2D eigenvalue weighted by Gasteiger charge is 2.24. The normalized spacial score (nSPS) is 14.5. The second-order valence-electron chi connectivity index (χ2n) is 6.62. The van der Waals surface area contributed by atoms with Crippen LogP contribution in [-0.4, -0.2) is 55.1 Å². The molecule has 0 aromatic heterocycles. The van der Waals surface area contributed by atoms with Gasteiger partial charge in [0.25, 0.3) is 11.8 Å². The molecule has 3 amide bonds. The molecular weight excluding hydrogens is 346 g/mol. The summed E-state index contributed by atoms with van der Waals surface area (Å²) in [5, 5.41) is 5.85. The summed E-state index contributed by atoms with van der Waals surface area (Å²) >= 11 is 0. The first-order valence-corrected chi connectivity index (χ1v) is 9.66. The van der Waals surface area contributed by atoms with Gasteiger partial charge in [-0.3, -0.25) is 9.59 Å². The monoisotopic (exact) mass is 375 g/mol. The van der Waals surface area contributed by atoms with E-state index in [-0.39, 0.29) is 23.9 Å². The predicted octanol–water partition coefficient (Wildman–Crippen LogP) is 2.57. The topological polar surface area (TPSA) is 87.7 Å². The number of hydrogen-bond acceptors (Lipinski definition) is 4. The molecule has 2 rings (SSSR count). The van der Waals surface area contributed by atoms with Gasteiger partial charge in [0.05, 0.1) is 6.61 Å². The molecule has 0 spiro atoms. The van der Waals surface area contributed by atoms with Crippen molar-refractivity contribution in [3.8, 4) is 0 Å². The molecule has 0 aliphatic carbocycles. The van der Waals surface area contributed by atoms with E-state index in [2.05, 4.69) is 17.6 Å². The number of likely N-dealkylation sites (tertiary alicyclic amines) is 1. The van der Waals surface area contributed by atoms with Crippen molar-refractivity contribution in [2.45, 2.75) is 45.6 Å². The molecule has 1 aliphatic heterocycles. The van der Waals surface area contributed by atoms with Crippen LogP contribution in [0, 0.1) is 0 Å². The number of nitrogens with zero attached hydrogens (tertiary/aromatic N) is 1. The van der Waals surface area contributed by atoms with Crippen LogP contribution in [-0.2, 0) is 4.74 Å². The fourth-order valence-corrected chi connectivity index (χ4v) is 2.94. The molecule has 0 atom stereocenters. The zero-order chi connectivity index (χ0) is 19.6. The van der Waals surface area contributed by atoms with Gasteiger partial charge in [-0.25, -0.2) is 4.79 Å². The minimum absolute atomic E-state index is 0.0280. The SMILES string of the molecule is CCCCNC(=O)c1ccc(C(=O)NC2CCN(C(=O)OCC)CC2)cc1. The van der Waals surface area contributed by atoms with Crippen LogP contribution in [0.25, 0.3) is 0 Å². The Kier molecular flexibility index (Phi) is 8.10. The summed E-state index contributed by atoms with van der Waals surface area (Å²) in [4.78, 5) is 37.8. The van der Waals surface area contributed by atoms with E-state index in [9.17, 15) is 14.4 Å². The molecule has 7 heteroatoms. The smallest absolute Gasteiger partial charge is 0.409 e. The fourth-order valence-electron chi connectivity index (χ4n) is 2.94. The minimum Gasteiger partial charge on any atom is -0.450 e. The number of nitrogens with one attached hydrogen (secondary N) is 2. The summed E-state index contributed by atoms with van der Waals surface area (Å²) in [6.45, 7) is 6.01. The van der Waals surface area contributed by atoms with Gasteiger partial charge in [-0.2, -0.15) is 0 Å². The first-order chi connectivity index (χ1) is 13.0. The third kappa shape index (κ3) is 6.27. The zero-order valence-corrected chi connectivity index (χ0v) is 16.1. The average Bonchev–Trinajstić information content (AvgIpc) is 2.69. The second-order valence-corrected chi connectivity index (χ2v) is 6.62. The number of benzene rings is 1. The standard InChI is InChI=1S/C20H29N3O4/c1-3-5-12-21-18(24)15-6-8-16(9-7-15)19(25)22-17-10-13-23(14-11-17)20(26)27-4-2/h6-9,17H,3-5,10-14H2,1-2H3,(H,21,24)(H,22,25). The first-order valence-electron chi connectivity index (χ1n) is 9.66. The molecular formula is C20H29N3O4. The van der Waals surface area contributed by atoms with Crippen LogP contribution < -0.4 is 10.6 Å². The quantitative estimate of drug-likeness (QED) is 0.717. The van der Waals surface area contributed by atoms with E-state index in [1.54, 1.807) is 36.1 Å². The Bertz CT molecular complexity index is 637. The Morgan fingerprint density at radius 1 is 1.04 bits per heavy atom. The van der Waals surface area contributed by atoms with Crippen molar-refractivity contribution in [2.24, 2.45) is 0 Å². The molecule has 0 bridgehead atoms. The lowest BCUT2D eigenvalue weighted by molar-refractivity contribution is 0.0858. The third-order valence-electron chi connectivity index (χ3n) is 4.58. The van der Waals surface area contributed by atoms with Crippen molar-refractivity contribution in [3.63, 3.8) is 0 Å². The fraction of sp³-hybridized carbons (Fsp3) is 0.550. The van der Waals surface area contributed by atoms with Gasteiger partial charge in [0.2, 0.25) is 0 Å². The van der Waals surface area contributed by atoms with Crippen molar-refractivity contribution >= 4 is 17.9 Å². The molecule has 2 N–H and O–H groups in total. The lowest BCUT2D eigenvalue weighted by Gasteiger charge is -2.31. The highest BCUT2D eigenvalue weighted by molar-refractivity contribution is 5.97. The van der Waals surface area contributed by atoms with Crippen molar-refractivity contribution < 1.29 is 19.1 Å². The number of hydrogen-bond donors (Lipinski definition) is 2. The van der Waals surface area contributed by atoms with Crippen molar-refractivity contribution in [2.75, 3.05) is 26.2 Å². The summed E-state index contributed by atoms with van der Waals surface area (Å²) < 4.78 is 5.00. The lowest BCUT2D eigenvalue weighted by atomic mass is 10.0. The van der Waals surface area contributed by atoms with E-state index in [0.717, 1.165) is 12.8 Å². The number of unbranched alkanes of at least 4 members (excludes halogenated alkanes) is 1. The van der Waals surface area contributed by atoms with Gasteiger partial charge in [-0.1, -0.05) is 13.3 Å². The lowest BCUT2D eigenvalue weighted by Crippen LogP contribution is -2.46. The van der Waals surface area contributed by atoms with Crippen LogP contribution >= 0.6 is 0 Å². The average molecular weight is 375 g/mol. The summed E-state index contributed by atoms with van der Waals surface area (Å²) in [5.74, 6) is -0.288. The van der Waals surface area contributed by atoms with Crippen LogP contribution in [0.2, 0.25) is 0 Å². The van der Waals surface area contributed by atoms with E-state index in [4.69, 9.17) is 4.74 Å². The van der Waals surface area contributed by atoms with Gasteiger partial charge in [-0.05, 0) is 50.5 Å². The second kappa shape index (κ2) is 10.5. The van der Waals surface area contributed by atoms with E-state index in [1.165, 1.54) is 0 Å². The minimum atomic E-state index is -0.296. The zero-order valence-electron chi connectivity index (χ0n) is 16.1.